The van der Waals surface area contributed by atoms with Gasteiger partial charge in [-0.25, -0.2) is 0 Å². The summed E-state index contributed by atoms with van der Waals surface area (Å²) in [7, 11) is 0. The highest BCUT2D eigenvalue weighted by molar-refractivity contribution is 5.75. The monoisotopic (exact) mass is 299 g/mol. The van der Waals surface area contributed by atoms with Gasteiger partial charge in [0, 0.05) is 12.0 Å². The summed E-state index contributed by atoms with van der Waals surface area (Å²) in [6, 6.07) is 9.64. The SMILES string of the molecule is O=C(CCC1CCCC1)NCc1nc(-c2ccccc2)no1. The first-order chi connectivity index (χ1) is 10.8. The van der Waals surface area contributed by atoms with Crippen molar-refractivity contribution in [3.05, 3.63) is 36.2 Å². The van der Waals surface area contributed by atoms with Gasteiger partial charge in [0.1, 0.15) is 0 Å². The number of rotatable bonds is 6. The van der Waals surface area contributed by atoms with E-state index in [4.69, 9.17) is 4.52 Å². The van der Waals surface area contributed by atoms with Gasteiger partial charge in [0.05, 0.1) is 6.54 Å². The summed E-state index contributed by atoms with van der Waals surface area (Å²) < 4.78 is 5.17. The molecule has 0 saturated heterocycles. The van der Waals surface area contributed by atoms with Crippen molar-refractivity contribution < 1.29 is 9.32 Å². The van der Waals surface area contributed by atoms with Crippen molar-refractivity contribution >= 4 is 5.91 Å². The minimum Gasteiger partial charge on any atom is -0.347 e. The molecule has 0 unspecified atom stereocenters. The lowest BCUT2D eigenvalue weighted by Gasteiger charge is -2.07. The van der Waals surface area contributed by atoms with Crippen molar-refractivity contribution in [1.29, 1.82) is 0 Å². The number of carbonyl (C=O) groups excluding carboxylic acids is 1. The molecule has 3 rings (SSSR count). The third-order valence-electron chi connectivity index (χ3n) is 4.19. The molecule has 22 heavy (non-hydrogen) atoms. The van der Waals surface area contributed by atoms with Crippen LogP contribution in [-0.4, -0.2) is 16.0 Å². The Morgan fingerprint density at radius 1 is 1.23 bits per heavy atom. The van der Waals surface area contributed by atoms with Crippen LogP contribution in [0.2, 0.25) is 0 Å². The highest BCUT2D eigenvalue weighted by atomic mass is 16.5. The fraction of sp³-hybridized carbons (Fsp3) is 0.471. The highest BCUT2D eigenvalue weighted by Crippen LogP contribution is 2.28. The molecule has 5 nitrogen and oxygen atoms in total. The molecule has 1 aromatic carbocycles. The summed E-state index contributed by atoms with van der Waals surface area (Å²) in [5, 5.41) is 6.79. The van der Waals surface area contributed by atoms with Crippen LogP contribution in [0.3, 0.4) is 0 Å². The van der Waals surface area contributed by atoms with Crippen molar-refractivity contribution in [1.82, 2.24) is 15.5 Å². The molecule has 1 aromatic heterocycles. The zero-order chi connectivity index (χ0) is 15.2. The van der Waals surface area contributed by atoms with Gasteiger partial charge in [-0.1, -0.05) is 61.2 Å². The Morgan fingerprint density at radius 3 is 2.77 bits per heavy atom. The van der Waals surface area contributed by atoms with Gasteiger partial charge < -0.3 is 9.84 Å². The molecule has 1 heterocycles. The van der Waals surface area contributed by atoms with E-state index in [0.29, 0.717) is 24.7 Å². The lowest BCUT2D eigenvalue weighted by Crippen LogP contribution is -2.23. The van der Waals surface area contributed by atoms with Gasteiger partial charge in [-0.3, -0.25) is 4.79 Å². The van der Waals surface area contributed by atoms with E-state index >= 15 is 0 Å². The predicted molar refractivity (Wildman–Crippen MR) is 82.8 cm³/mol. The summed E-state index contributed by atoms with van der Waals surface area (Å²) in [6.45, 7) is 0.295. The average molecular weight is 299 g/mol. The van der Waals surface area contributed by atoms with Crippen molar-refractivity contribution in [2.45, 2.75) is 45.1 Å². The molecule has 1 saturated carbocycles. The van der Waals surface area contributed by atoms with E-state index < -0.39 is 0 Å². The Balaban J connectivity index is 1.45. The van der Waals surface area contributed by atoms with Gasteiger partial charge >= 0.3 is 0 Å². The Bertz CT molecular complexity index is 603. The lowest BCUT2D eigenvalue weighted by molar-refractivity contribution is -0.121. The summed E-state index contributed by atoms with van der Waals surface area (Å²) in [5.74, 6) is 1.79. The normalized spacial score (nSPS) is 15.1. The number of hydrogen-bond donors (Lipinski definition) is 1. The zero-order valence-electron chi connectivity index (χ0n) is 12.6. The van der Waals surface area contributed by atoms with Gasteiger partial charge in [-0.2, -0.15) is 4.98 Å². The molecule has 116 valence electrons. The number of nitrogens with zero attached hydrogens (tertiary/aromatic N) is 2. The van der Waals surface area contributed by atoms with Gasteiger partial charge in [0.15, 0.2) is 0 Å². The molecule has 0 aliphatic heterocycles. The van der Waals surface area contributed by atoms with E-state index in [1.54, 1.807) is 0 Å². The number of amides is 1. The summed E-state index contributed by atoms with van der Waals surface area (Å²) in [5.41, 5.74) is 0.907. The fourth-order valence-electron chi connectivity index (χ4n) is 2.93. The predicted octanol–water partition coefficient (Wildman–Crippen LogP) is 3.32. The molecule has 1 N–H and O–H groups in total. The molecular weight excluding hydrogens is 278 g/mol. The molecule has 2 aromatic rings. The van der Waals surface area contributed by atoms with E-state index in [9.17, 15) is 4.79 Å². The topological polar surface area (TPSA) is 68.0 Å². The largest absolute Gasteiger partial charge is 0.347 e. The number of nitrogens with one attached hydrogen (secondary N) is 1. The standard InChI is InChI=1S/C17H21N3O2/c21-15(11-10-13-6-4-5-7-13)18-12-16-19-17(20-22-16)14-8-2-1-3-9-14/h1-3,8-9,13H,4-7,10-12H2,(H,18,21). The maximum Gasteiger partial charge on any atom is 0.246 e. The Morgan fingerprint density at radius 2 is 2.00 bits per heavy atom. The number of carbonyl (C=O) groups is 1. The van der Waals surface area contributed by atoms with Gasteiger partial charge in [0.2, 0.25) is 17.6 Å². The van der Waals surface area contributed by atoms with E-state index in [0.717, 1.165) is 17.9 Å². The van der Waals surface area contributed by atoms with Gasteiger partial charge in [-0.05, 0) is 12.3 Å². The minimum absolute atomic E-state index is 0.0614. The van der Waals surface area contributed by atoms with Gasteiger partial charge in [0.25, 0.3) is 0 Å². The molecular formula is C17H21N3O2. The Labute approximate surface area is 130 Å². The lowest BCUT2D eigenvalue weighted by atomic mass is 10.0. The maximum absolute atomic E-state index is 11.8. The number of aromatic nitrogens is 2. The quantitative estimate of drug-likeness (QED) is 0.888. The van der Waals surface area contributed by atoms with E-state index in [-0.39, 0.29) is 5.91 Å². The Hall–Kier alpha value is -2.17. The van der Waals surface area contributed by atoms with Crippen LogP contribution < -0.4 is 5.32 Å². The third kappa shape index (κ3) is 3.93. The summed E-state index contributed by atoms with van der Waals surface area (Å²) >= 11 is 0. The first kappa shape index (κ1) is 14.8. The molecule has 0 atom stereocenters. The van der Waals surface area contributed by atoms with Crippen molar-refractivity contribution in [2.75, 3.05) is 0 Å². The minimum atomic E-state index is 0.0614. The average Bonchev–Trinajstić information content (AvgIpc) is 3.23. The van der Waals surface area contributed by atoms with Crippen molar-refractivity contribution in [3.8, 4) is 11.4 Å². The molecule has 0 bridgehead atoms. The van der Waals surface area contributed by atoms with E-state index in [2.05, 4.69) is 15.5 Å². The second-order valence-electron chi connectivity index (χ2n) is 5.84. The van der Waals surface area contributed by atoms with Crippen LogP contribution in [0.15, 0.2) is 34.9 Å². The van der Waals surface area contributed by atoms with Crippen LogP contribution in [0.4, 0.5) is 0 Å². The van der Waals surface area contributed by atoms with Crippen LogP contribution in [0.1, 0.15) is 44.4 Å². The second kappa shape index (κ2) is 7.20. The van der Waals surface area contributed by atoms with Crippen molar-refractivity contribution in [3.63, 3.8) is 0 Å². The molecule has 1 aliphatic carbocycles. The van der Waals surface area contributed by atoms with Crippen LogP contribution in [-0.2, 0) is 11.3 Å². The molecule has 1 aliphatic rings. The van der Waals surface area contributed by atoms with Gasteiger partial charge in [-0.15, -0.1) is 0 Å². The summed E-state index contributed by atoms with van der Waals surface area (Å²) in [6.07, 6.45) is 6.76. The van der Waals surface area contributed by atoms with Crippen LogP contribution in [0, 0.1) is 5.92 Å². The highest BCUT2D eigenvalue weighted by Gasteiger charge is 2.16. The second-order valence-corrected chi connectivity index (χ2v) is 5.84. The molecule has 1 fully saturated rings. The molecule has 5 heteroatoms. The number of benzene rings is 1. The molecule has 0 spiro atoms. The molecule has 1 amide bonds. The van der Waals surface area contributed by atoms with Crippen LogP contribution in [0.5, 0.6) is 0 Å². The molecule has 0 radical (unpaired) electrons. The van der Waals surface area contributed by atoms with E-state index in [1.165, 1.54) is 25.7 Å². The van der Waals surface area contributed by atoms with Crippen LogP contribution in [0.25, 0.3) is 11.4 Å². The number of hydrogen-bond acceptors (Lipinski definition) is 4. The Kier molecular flexibility index (Phi) is 4.83. The fourth-order valence-corrected chi connectivity index (χ4v) is 2.93. The van der Waals surface area contributed by atoms with Crippen molar-refractivity contribution in [2.24, 2.45) is 5.92 Å². The summed E-state index contributed by atoms with van der Waals surface area (Å²) in [4.78, 5) is 16.1. The van der Waals surface area contributed by atoms with E-state index in [1.807, 2.05) is 30.3 Å². The smallest absolute Gasteiger partial charge is 0.246 e. The maximum atomic E-state index is 11.8. The van der Waals surface area contributed by atoms with Crippen LogP contribution >= 0.6 is 0 Å². The third-order valence-corrected chi connectivity index (χ3v) is 4.19. The zero-order valence-corrected chi connectivity index (χ0v) is 12.6. The first-order valence-electron chi connectivity index (χ1n) is 7.96. The first-order valence-corrected chi connectivity index (χ1v) is 7.96.